The van der Waals surface area contributed by atoms with E-state index in [1.54, 1.807) is 34.2 Å². The van der Waals surface area contributed by atoms with Gasteiger partial charge in [0.15, 0.2) is 0 Å². The maximum absolute atomic E-state index is 12.5. The van der Waals surface area contributed by atoms with Crippen molar-refractivity contribution in [3.05, 3.63) is 42.1 Å². The number of rotatable bonds is 4. The van der Waals surface area contributed by atoms with Gasteiger partial charge in [0.25, 0.3) is 0 Å². The predicted molar refractivity (Wildman–Crippen MR) is 82.1 cm³/mol. The summed E-state index contributed by atoms with van der Waals surface area (Å²) in [7, 11) is 0. The second-order valence-corrected chi connectivity index (χ2v) is 5.95. The summed E-state index contributed by atoms with van der Waals surface area (Å²) in [6, 6.07) is 4.89. The van der Waals surface area contributed by atoms with E-state index >= 15 is 0 Å². The number of fused-ring (bicyclic) bond motifs is 1. The highest BCUT2D eigenvalue weighted by Gasteiger charge is 2.33. The zero-order valence-electron chi connectivity index (χ0n) is 13.2. The summed E-state index contributed by atoms with van der Waals surface area (Å²) in [6.45, 7) is 4.85. The van der Waals surface area contributed by atoms with Crippen molar-refractivity contribution in [2.24, 2.45) is 5.92 Å². The molecule has 3 rings (SSSR count). The Kier molecular flexibility index (Phi) is 4.18. The van der Waals surface area contributed by atoms with E-state index in [1.165, 1.54) is 0 Å². The van der Waals surface area contributed by atoms with Gasteiger partial charge in [-0.05, 0) is 18.2 Å². The zero-order chi connectivity index (χ0) is 16.4. The normalized spacial score (nSPS) is 17.2. The number of amides is 2. The van der Waals surface area contributed by atoms with Gasteiger partial charge in [-0.2, -0.15) is 5.10 Å². The van der Waals surface area contributed by atoms with E-state index in [0.717, 1.165) is 5.69 Å². The number of furan rings is 1. The molecule has 23 heavy (non-hydrogen) atoms. The highest BCUT2D eigenvalue weighted by atomic mass is 16.3. The van der Waals surface area contributed by atoms with E-state index in [1.807, 2.05) is 19.9 Å². The molecule has 1 aliphatic heterocycles. The lowest BCUT2D eigenvalue weighted by Gasteiger charge is -2.34. The third-order valence-corrected chi connectivity index (χ3v) is 3.92. The minimum absolute atomic E-state index is 0.0429. The number of carbonyl (C=O) groups is 2. The fourth-order valence-electron chi connectivity index (χ4n) is 2.73. The van der Waals surface area contributed by atoms with E-state index in [-0.39, 0.29) is 17.7 Å². The number of carbonyl (C=O) groups excluding carboxylic acids is 2. The lowest BCUT2D eigenvalue weighted by Crippen LogP contribution is -2.47. The first-order valence-corrected chi connectivity index (χ1v) is 7.67. The standard InChI is InChI=1S/C16H20N4O3/c1-11(2)16(22)19-9-12-5-6-18-20(12)14(10-19)15(21)17-8-13-4-3-7-23-13/h3-7,11,14H,8-10H2,1-2H3,(H,17,21)/t14-/m1/s1. The van der Waals surface area contributed by atoms with Crippen LogP contribution in [0.15, 0.2) is 35.1 Å². The van der Waals surface area contributed by atoms with Gasteiger partial charge in [0.2, 0.25) is 11.8 Å². The SMILES string of the molecule is CC(C)C(=O)N1Cc2ccnn2[C@@H](C(=O)NCc2ccco2)C1. The van der Waals surface area contributed by atoms with Crippen LogP contribution in [-0.4, -0.2) is 33.0 Å². The van der Waals surface area contributed by atoms with E-state index in [0.29, 0.717) is 25.4 Å². The van der Waals surface area contributed by atoms with Crippen LogP contribution in [0.3, 0.4) is 0 Å². The molecular formula is C16H20N4O3. The summed E-state index contributed by atoms with van der Waals surface area (Å²) in [5, 5.41) is 7.08. The first-order chi connectivity index (χ1) is 11.1. The molecule has 2 aromatic rings. The highest BCUT2D eigenvalue weighted by molar-refractivity contribution is 5.83. The van der Waals surface area contributed by atoms with Crippen LogP contribution in [0.4, 0.5) is 0 Å². The molecule has 0 fully saturated rings. The van der Waals surface area contributed by atoms with Crippen LogP contribution in [0.1, 0.15) is 31.3 Å². The molecule has 7 nitrogen and oxygen atoms in total. The molecule has 1 atom stereocenters. The molecule has 0 radical (unpaired) electrons. The molecule has 3 heterocycles. The van der Waals surface area contributed by atoms with Crippen molar-refractivity contribution in [3.63, 3.8) is 0 Å². The van der Waals surface area contributed by atoms with Gasteiger partial charge in [0, 0.05) is 12.1 Å². The fraction of sp³-hybridized carbons (Fsp3) is 0.438. The summed E-state index contributed by atoms with van der Waals surface area (Å²) in [5.74, 6) is 0.454. The molecule has 2 aromatic heterocycles. The third kappa shape index (κ3) is 3.13. The van der Waals surface area contributed by atoms with Crippen LogP contribution in [0, 0.1) is 5.92 Å². The van der Waals surface area contributed by atoms with Gasteiger partial charge < -0.3 is 14.6 Å². The Morgan fingerprint density at radius 1 is 1.43 bits per heavy atom. The van der Waals surface area contributed by atoms with Gasteiger partial charge in [0.1, 0.15) is 11.8 Å². The molecule has 2 amide bonds. The van der Waals surface area contributed by atoms with Crippen LogP contribution >= 0.6 is 0 Å². The molecule has 7 heteroatoms. The minimum Gasteiger partial charge on any atom is -0.467 e. The Bertz CT molecular complexity index is 690. The highest BCUT2D eigenvalue weighted by Crippen LogP contribution is 2.22. The van der Waals surface area contributed by atoms with E-state index in [9.17, 15) is 9.59 Å². The van der Waals surface area contributed by atoms with Crippen molar-refractivity contribution in [1.82, 2.24) is 20.0 Å². The summed E-state index contributed by atoms with van der Waals surface area (Å²) in [4.78, 5) is 26.6. The van der Waals surface area contributed by atoms with Gasteiger partial charge in [-0.15, -0.1) is 0 Å². The number of aromatic nitrogens is 2. The molecule has 0 bridgehead atoms. The van der Waals surface area contributed by atoms with Crippen molar-refractivity contribution < 1.29 is 14.0 Å². The molecule has 0 saturated heterocycles. The van der Waals surface area contributed by atoms with Crippen LogP contribution in [-0.2, 0) is 22.7 Å². The molecule has 0 spiro atoms. The largest absolute Gasteiger partial charge is 0.467 e. The lowest BCUT2D eigenvalue weighted by atomic mass is 10.1. The Balaban J connectivity index is 1.74. The van der Waals surface area contributed by atoms with Gasteiger partial charge in [-0.1, -0.05) is 13.8 Å². The first kappa shape index (κ1) is 15.3. The van der Waals surface area contributed by atoms with Crippen molar-refractivity contribution in [3.8, 4) is 0 Å². The van der Waals surface area contributed by atoms with Crippen LogP contribution in [0.5, 0.6) is 0 Å². The van der Waals surface area contributed by atoms with Gasteiger partial charge >= 0.3 is 0 Å². The predicted octanol–water partition coefficient (Wildman–Crippen LogP) is 1.33. The lowest BCUT2D eigenvalue weighted by molar-refractivity contribution is -0.138. The number of nitrogens with zero attached hydrogens (tertiary/aromatic N) is 3. The number of hydrogen-bond donors (Lipinski definition) is 1. The molecule has 0 aromatic carbocycles. The Morgan fingerprint density at radius 2 is 2.26 bits per heavy atom. The quantitative estimate of drug-likeness (QED) is 0.923. The molecule has 1 aliphatic rings. The van der Waals surface area contributed by atoms with Crippen molar-refractivity contribution >= 4 is 11.8 Å². The summed E-state index contributed by atoms with van der Waals surface area (Å²) < 4.78 is 6.91. The summed E-state index contributed by atoms with van der Waals surface area (Å²) in [5.41, 5.74) is 0.864. The number of nitrogens with one attached hydrogen (secondary N) is 1. The molecule has 0 saturated carbocycles. The van der Waals surface area contributed by atoms with E-state index in [4.69, 9.17) is 4.42 Å². The monoisotopic (exact) mass is 316 g/mol. The topological polar surface area (TPSA) is 80.4 Å². The minimum atomic E-state index is -0.522. The first-order valence-electron chi connectivity index (χ1n) is 7.67. The Morgan fingerprint density at radius 3 is 2.96 bits per heavy atom. The smallest absolute Gasteiger partial charge is 0.247 e. The zero-order valence-corrected chi connectivity index (χ0v) is 13.2. The number of hydrogen-bond acceptors (Lipinski definition) is 4. The Labute approximate surface area is 134 Å². The van der Waals surface area contributed by atoms with Crippen LogP contribution in [0.25, 0.3) is 0 Å². The van der Waals surface area contributed by atoms with E-state index < -0.39 is 6.04 Å². The molecule has 122 valence electrons. The maximum Gasteiger partial charge on any atom is 0.247 e. The molecular weight excluding hydrogens is 296 g/mol. The third-order valence-electron chi connectivity index (χ3n) is 3.92. The molecule has 1 N–H and O–H groups in total. The second-order valence-electron chi connectivity index (χ2n) is 5.95. The van der Waals surface area contributed by atoms with Crippen LogP contribution < -0.4 is 5.32 Å². The van der Waals surface area contributed by atoms with Crippen molar-refractivity contribution in [1.29, 1.82) is 0 Å². The van der Waals surface area contributed by atoms with Crippen molar-refractivity contribution in [2.45, 2.75) is 33.0 Å². The summed E-state index contributed by atoms with van der Waals surface area (Å²) in [6.07, 6.45) is 3.22. The maximum atomic E-state index is 12.5. The average Bonchev–Trinajstić information content (AvgIpc) is 3.21. The van der Waals surface area contributed by atoms with Gasteiger partial charge in [-0.25, -0.2) is 0 Å². The van der Waals surface area contributed by atoms with Crippen molar-refractivity contribution in [2.75, 3.05) is 6.54 Å². The van der Waals surface area contributed by atoms with Gasteiger partial charge in [0.05, 0.1) is 31.6 Å². The van der Waals surface area contributed by atoms with E-state index in [2.05, 4.69) is 10.4 Å². The van der Waals surface area contributed by atoms with Crippen LogP contribution in [0.2, 0.25) is 0 Å². The molecule has 0 unspecified atom stereocenters. The average molecular weight is 316 g/mol. The fourth-order valence-corrected chi connectivity index (χ4v) is 2.73. The Hall–Kier alpha value is -2.57. The summed E-state index contributed by atoms with van der Waals surface area (Å²) >= 11 is 0. The molecule has 0 aliphatic carbocycles. The van der Waals surface area contributed by atoms with Gasteiger partial charge in [-0.3, -0.25) is 14.3 Å². The second kappa shape index (κ2) is 6.28.